The van der Waals surface area contributed by atoms with E-state index in [0.29, 0.717) is 24.5 Å². The van der Waals surface area contributed by atoms with E-state index in [2.05, 4.69) is 5.73 Å². The van der Waals surface area contributed by atoms with E-state index in [9.17, 15) is 4.79 Å². The molecule has 0 unspecified atom stereocenters. The van der Waals surface area contributed by atoms with E-state index >= 15 is 0 Å². The summed E-state index contributed by atoms with van der Waals surface area (Å²) in [7, 11) is 0. The monoisotopic (exact) mass is 198 g/mol. The molecule has 0 spiro atoms. The van der Waals surface area contributed by atoms with E-state index in [0.717, 1.165) is 11.3 Å². The number of ether oxygens (including phenoxy) is 1. The molecule has 0 bridgehead atoms. The lowest BCUT2D eigenvalue weighted by molar-refractivity contribution is -0.386. The van der Waals surface area contributed by atoms with Crippen molar-refractivity contribution in [3.05, 3.63) is 22.6 Å². The van der Waals surface area contributed by atoms with Gasteiger partial charge in [0.25, 0.3) is 0 Å². The molecular formula is C10H16NO3+. The van der Waals surface area contributed by atoms with Crippen LogP contribution in [0.4, 0.5) is 0 Å². The third kappa shape index (κ3) is 1.80. The third-order valence-corrected chi connectivity index (χ3v) is 2.11. The smallest absolute Gasteiger partial charge is 0.342 e. The van der Waals surface area contributed by atoms with Gasteiger partial charge in [-0.1, -0.05) is 0 Å². The van der Waals surface area contributed by atoms with Gasteiger partial charge in [0.05, 0.1) is 12.2 Å². The summed E-state index contributed by atoms with van der Waals surface area (Å²) >= 11 is 0. The molecule has 78 valence electrons. The number of quaternary nitrogens is 1. The van der Waals surface area contributed by atoms with Crippen LogP contribution in [0, 0.1) is 13.8 Å². The minimum absolute atomic E-state index is 0.319. The number of carbonyl (C=O) groups excluding carboxylic acids is 1. The van der Waals surface area contributed by atoms with Crippen LogP contribution in [0.5, 0.6) is 0 Å². The van der Waals surface area contributed by atoms with Crippen LogP contribution in [-0.2, 0) is 11.3 Å². The average molecular weight is 198 g/mol. The third-order valence-electron chi connectivity index (χ3n) is 2.11. The van der Waals surface area contributed by atoms with Gasteiger partial charge in [0, 0.05) is 0 Å². The number of esters is 1. The van der Waals surface area contributed by atoms with E-state index < -0.39 is 0 Å². The Morgan fingerprint density at radius 2 is 2.07 bits per heavy atom. The lowest BCUT2D eigenvalue weighted by Gasteiger charge is -2.01. The second kappa shape index (κ2) is 4.28. The maximum Gasteiger partial charge on any atom is 0.342 e. The highest BCUT2D eigenvalue weighted by molar-refractivity contribution is 5.92. The van der Waals surface area contributed by atoms with Gasteiger partial charge < -0.3 is 14.9 Å². The van der Waals surface area contributed by atoms with Gasteiger partial charge in [0.2, 0.25) is 0 Å². The van der Waals surface area contributed by atoms with Crippen LogP contribution < -0.4 is 5.73 Å². The molecule has 1 rings (SSSR count). The summed E-state index contributed by atoms with van der Waals surface area (Å²) in [5.74, 6) is 1.04. The fourth-order valence-electron chi connectivity index (χ4n) is 1.50. The van der Waals surface area contributed by atoms with Crippen LogP contribution in [0.1, 0.15) is 34.4 Å². The molecule has 0 amide bonds. The second-order valence-electron chi connectivity index (χ2n) is 3.04. The molecular weight excluding hydrogens is 182 g/mol. The lowest BCUT2D eigenvalue weighted by Crippen LogP contribution is -2.48. The van der Waals surface area contributed by atoms with Gasteiger partial charge in [-0.3, -0.25) is 0 Å². The van der Waals surface area contributed by atoms with E-state index in [4.69, 9.17) is 9.15 Å². The first-order valence-corrected chi connectivity index (χ1v) is 4.67. The normalized spacial score (nSPS) is 10.3. The van der Waals surface area contributed by atoms with Crippen molar-refractivity contribution in [2.24, 2.45) is 0 Å². The summed E-state index contributed by atoms with van der Waals surface area (Å²) in [5, 5.41) is 0. The summed E-state index contributed by atoms with van der Waals surface area (Å²) < 4.78 is 10.3. The van der Waals surface area contributed by atoms with Gasteiger partial charge in [0.15, 0.2) is 0 Å². The van der Waals surface area contributed by atoms with Crippen LogP contribution >= 0.6 is 0 Å². The summed E-state index contributed by atoms with van der Waals surface area (Å²) in [4.78, 5) is 11.5. The Hall–Kier alpha value is -1.29. The second-order valence-corrected chi connectivity index (χ2v) is 3.04. The van der Waals surface area contributed by atoms with Crippen molar-refractivity contribution in [2.45, 2.75) is 27.3 Å². The van der Waals surface area contributed by atoms with Crippen molar-refractivity contribution < 1.29 is 19.7 Å². The van der Waals surface area contributed by atoms with Crippen molar-refractivity contribution in [3.63, 3.8) is 0 Å². The van der Waals surface area contributed by atoms with Gasteiger partial charge in [-0.05, 0) is 20.8 Å². The van der Waals surface area contributed by atoms with Crippen LogP contribution in [0.25, 0.3) is 0 Å². The van der Waals surface area contributed by atoms with Gasteiger partial charge in [-0.15, -0.1) is 0 Å². The van der Waals surface area contributed by atoms with Crippen molar-refractivity contribution in [2.75, 3.05) is 6.61 Å². The van der Waals surface area contributed by atoms with E-state index in [1.54, 1.807) is 13.8 Å². The summed E-state index contributed by atoms with van der Waals surface area (Å²) in [6.07, 6.45) is 0. The van der Waals surface area contributed by atoms with Crippen molar-refractivity contribution >= 4 is 5.97 Å². The van der Waals surface area contributed by atoms with Gasteiger partial charge >= 0.3 is 5.97 Å². The number of rotatable bonds is 3. The molecule has 3 N–H and O–H groups in total. The molecule has 0 atom stereocenters. The van der Waals surface area contributed by atoms with Crippen molar-refractivity contribution in [3.8, 4) is 0 Å². The fraction of sp³-hybridized carbons (Fsp3) is 0.500. The first-order chi connectivity index (χ1) is 6.61. The zero-order valence-electron chi connectivity index (χ0n) is 8.85. The molecule has 0 fully saturated rings. The SMILES string of the molecule is CCOC(=O)c1c(C)oc(C)c1C[NH3+]. The minimum atomic E-state index is -0.319. The Labute approximate surface area is 83.0 Å². The number of aryl methyl sites for hydroxylation is 2. The van der Waals surface area contributed by atoms with Crippen molar-refractivity contribution in [1.82, 2.24) is 0 Å². The Morgan fingerprint density at radius 1 is 1.43 bits per heavy atom. The highest BCUT2D eigenvalue weighted by Crippen LogP contribution is 2.21. The molecule has 0 aliphatic carbocycles. The highest BCUT2D eigenvalue weighted by atomic mass is 16.5. The highest BCUT2D eigenvalue weighted by Gasteiger charge is 2.22. The molecule has 0 saturated carbocycles. The number of hydrogen-bond acceptors (Lipinski definition) is 3. The Morgan fingerprint density at radius 3 is 2.57 bits per heavy atom. The number of furan rings is 1. The molecule has 4 nitrogen and oxygen atoms in total. The molecule has 0 radical (unpaired) electrons. The molecule has 1 heterocycles. The Bertz CT molecular complexity index is 341. The predicted molar refractivity (Wildman–Crippen MR) is 50.7 cm³/mol. The van der Waals surface area contributed by atoms with Crippen LogP contribution in [0.3, 0.4) is 0 Å². The topological polar surface area (TPSA) is 67.1 Å². The Balaban J connectivity index is 3.11. The first kappa shape index (κ1) is 10.8. The van der Waals surface area contributed by atoms with Gasteiger partial charge in [-0.25, -0.2) is 4.79 Å². The van der Waals surface area contributed by atoms with E-state index in [1.165, 1.54) is 0 Å². The van der Waals surface area contributed by atoms with E-state index in [-0.39, 0.29) is 5.97 Å². The van der Waals surface area contributed by atoms with Crippen LogP contribution in [0.2, 0.25) is 0 Å². The van der Waals surface area contributed by atoms with Gasteiger partial charge in [0.1, 0.15) is 23.6 Å². The average Bonchev–Trinajstić information content (AvgIpc) is 2.40. The first-order valence-electron chi connectivity index (χ1n) is 4.67. The molecule has 0 saturated heterocycles. The minimum Gasteiger partial charge on any atom is -0.465 e. The summed E-state index contributed by atoms with van der Waals surface area (Å²) in [6.45, 7) is 6.29. The number of hydrogen-bond donors (Lipinski definition) is 1. The number of carbonyl (C=O) groups is 1. The molecule has 0 aliphatic heterocycles. The predicted octanol–water partition coefficient (Wildman–Crippen LogP) is 0.815. The fourth-order valence-corrected chi connectivity index (χ4v) is 1.50. The maximum absolute atomic E-state index is 11.5. The molecule has 0 aliphatic rings. The largest absolute Gasteiger partial charge is 0.465 e. The summed E-state index contributed by atoms with van der Waals surface area (Å²) in [5.41, 5.74) is 5.15. The molecule has 14 heavy (non-hydrogen) atoms. The quantitative estimate of drug-likeness (QED) is 0.731. The zero-order valence-corrected chi connectivity index (χ0v) is 8.85. The molecule has 1 aromatic rings. The van der Waals surface area contributed by atoms with Crippen molar-refractivity contribution in [1.29, 1.82) is 0 Å². The lowest BCUT2D eigenvalue weighted by atomic mass is 10.1. The zero-order chi connectivity index (χ0) is 10.7. The molecule has 4 heteroatoms. The van der Waals surface area contributed by atoms with Crippen LogP contribution in [0.15, 0.2) is 4.42 Å². The summed E-state index contributed by atoms with van der Waals surface area (Å²) in [6, 6.07) is 0. The Kier molecular flexibility index (Phi) is 3.30. The standard InChI is InChI=1S/C10H15NO3/c1-4-13-10(12)9-7(3)14-6(2)8(9)5-11/h4-5,11H2,1-3H3/p+1. The van der Waals surface area contributed by atoms with E-state index in [1.807, 2.05) is 6.92 Å². The maximum atomic E-state index is 11.5. The molecule has 0 aromatic carbocycles. The molecule has 1 aromatic heterocycles. The van der Waals surface area contributed by atoms with Gasteiger partial charge in [-0.2, -0.15) is 0 Å². The van der Waals surface area contributed by atoms with Crippen LogP contribution in [-0.4, -0.2) is 12.6 Å².